The van der Waals surface area contributed by atoms with Crippen molar-refractivity contribution in [1.29, 1.82) is 0 Å². The molecular weight excluding hydrogens is 454 g/mol. The maximum atomic E-state index is 12.7. The molecule has 8 nitrogen and oxygen atoms in total. The first-order valence-corrected chi connectivity index (χ1v) is 12.0. The Bertz CT molecular complexity index is 1300. The van der Waals surface area contributed by atoms with Crippen LogP contribution in [0.5, 0.6) is 5.75 Å². The third-order valence-corrected chi connectivity index (χ3v) is 6.22. The zero-order valence-corrected chi connectivity index (χ0v) is 20.2. The molecule has 3 aromatic rings. The summed E-state index contributed by atoms with van der Waals surface area (Å²) in [5.74, 6) is -0.168. The van der Waals surface area contributed by atoms with E-state index in [0.29, 0.717) is 22.8 Å². The molecule has 3 rings (SSSR count). The monoisotopic (exact) mass is 481 g/mol. The first-order valence-electron chi connectivity index (χ1n) is 10.5. The number of anilines is 3. The van der Waals surface area contributed by atoms with Crippen LogP contribution in [0.15, 0.2) is 77.7 Å². The summed E-state index contributed by atoms with van der Waals surface area (Å²) >= 11 is 0. The molecule has 0 atom stereocenters. The number of hydrogen-bond acceptors (Lipinski definition) is 5. The van der Waals surface area contributed by atoms with Crippen LogP contribution in [0.25, 0.3) is 0 Å². The van der Waals surface area contributed by atoms with Gasteiger partial charge in [-0.3, -0.25) is 14.3 Å². The van der Waals surface area contributed by atoms with Gasteiger partial charge in [-0.25, -0.2) is 8.42 Å². The number of methoxy groups -OCH3 is 1. The molecule has 34 heavy (non-hydrogen) atoms. The Labute approximate surface area is 199 Å². The van der Waals surface area contributed by atoms with Crippen LogP contribution >= 0.6 is 0 Å². The molecule has 0 saturated carbocycles. The van der Waals surface area contributed by atoms with Gasteiger partial charge in [0, 0.05) is 22.4 Å². The van der Waals surface area contributed by atoms with E-state index in [2.05, 4.69) is 15.4 Å². The first-order chi connectivity index (χ1) is 16.0. The molecule has 0 aliphatic heterocycles. The summed E-state index contributed by atoms with van der Waals surface area (Å²) in [6.07, 6.45) is 0. The van der Waals surface area contributed by atoms with Crippen LogP contribution in [-0.4, -0.2) is 27.3 Å². The fourth-order valence-corrected chi connectivity index (χ4v) is 3.99. The second-order valence-corrected chi connectivity index (χ2v) is 10.3. The predicted octanol–water partition coefficient (Wildman–Crippen LogP) is 4.73. The zero-order chi connectivity index (χ0) is 24.9. The van der Waals surface area contributed by atoms with Crippen LogP contribution in [0, 0.1) is 5.41 Å². The van der Waals surface area contributed by atoms with Gasteiger partial charge >= 0.3 is 0 Å². The third kappa shape index (κ3) is 6.14. The lowest BCUT2D eigenvalue weighted by molar-refractivity contribution is -0.123. The second-order valence-electron chi connectivity index (χ2n) is 8.57. The van der Waals surface area contributed by atoms with Gasteiger partial charge in [0.2, 0.25) is 5.91 Å². The third-order valence-electron chi connectivity index (χ3n) is 4.84. The van der Waals surface area contributed by atoms with Crippen molar-refractivity contribution in [3.05, 3.63) is 78.4 Å². The molecular formula is C25H27N3O5S. The van der Waals surface area contributed by atoms with Crippen LogP contribution in [-0.2, 0) is 14.8 Å². The fraction of sp³-hybridized carbons (Fsp3) is 0.200. The molecule has 0 heterocycles. The number of nitrogens with one attached hydrogen (secondary N) is 3. The number of amides is 2. The summed E-state index contributed by atoms with van der Waals surface area (Å²) < 4.78 is 33.1. The van der Waals surface area contributed by atoms with E-state index in [-0.39, 0.29) is 16.4 Å². The number of ether oxygens (including phenoxy) is 1. The van der Waals surface area contributed by atoms with Crippen molar-refractivity contribution >= 4 is 38.9 Å². The molecule has 0 fully saturated rings. The molecule has 0 spiro atoms. The van der Waals surface area contributed by atoms with Gasteiger partial charge in [-0.05, 0) is 54.6 Å². The van der Waals surface area contributed by atoms with Crippen LogP contribution in [0.4, 0.5) is 17.1 Å². The lowest BCUT2D eigenvalue weighted by Crippen LogP contribution is -2.27. The lowest BCUT2D eigenvalue weighted by atomic mass is 9.95. The van der Waals surface area contributed by atoms with Crippen LogP contribution < -0.4 is 20.1 Å². The molecule has 3 N–H and O–H groups in total. The SMILES string of the molecule is COc1ccccc1NS(=O)(=O)c1ccc(C(=O)Nc2cccc(NC(=O)C(C)(C)C)c2)cc1. The van der Waals surface area contributed by atoms with E-state index < -0.39 is 21.3 Å². The summed E-state index contributed by atoms with van der Waals surface area (Å²) in [7, 11) is -2.43. The topological polar surface area (TPSA) is 114 Å². The molecule has 178 valence electrons. The van der Waals surface area contributed by atoms with Crippen molar-refractivity contribution in [3.8, 4) is 5.75 Å². The number of benzene rings is 3. The number of carbonyl (C=O) groups excluding carboxylic acids is 2. The molecule has 0 aliphatic rings. The molecule has 0 saturated heterocycles. The summed E-state index contributed by atoms with van der Waals surface area (Å²) in [6, 6.07) is 19.0. The van der Waals surface area contributed by atoms with Crippen molar-refractivity contribution in [2.45, 2.75) is 25.7 Å². The van der Waals surface area contributed by atoms with Gasteiger partial charge in [-0.15, -0.1) is 0 Å². The highest BCUT2D eigenvalue weighted by Gasteiger charge is 2.21. The average Bonchev–Trinajstić information content (AvgIpc) is 2.79. The van der Waals surface area contributed by atoms with Gasteiger partial charge < -0.3 is 15.4 Å². The molecule has 0 aliphatic carbocycles. The highest BCUT2D eigenvalue weighted by atomic mass is 32.2. The van der Waals surface area contributed by atoms with Crippen LogP contribution in [0.1, 0.15) is 31.1 Å². The molecule has 3 aromatic carbocycles. The number of rotatable bonds is 7. The van der Waals surface area contributed by atoms with Crippen molar-refractivity contribution in [2.24, 2.45) is 5.41 Å². The smallest absolute Gasteiger partial charge is 0.262 e. The second kappa shape index (κ2) is 9.96. The van der Waals surface area contributed by atoms with E-state index in [1.807, 2.05) is 20.8 Å². The van der Waals surface area contributed by atoms with E-state index in [1.165, 1.54) is 31.4 Å². The maximum Gasteiger partial charge on any atom is 0.262 e. The van der Waals surface area contributed by atoms with Crippen molar-refractivity contribution in [2.75, 3.05) is 22.5 Å². The van der Waals surface area contributed by atoms with Gasteiger partial charge in [-0.1, -0.05) is 39.0 Å². The largest absolute Gasteiger partial charge is 0.495 e. The van der Waals surface area contributed by atoms with E-state index in [1.54, 1.807) is 48.5 Å². The summed E-state index contributed by atoms with van der Waals surface area (Å²) in [4.78, 5) is 24.9. The number of hydrogen-bond donors (Lipinski definition) is 3. The average molecular weight is 482 g/mol. The van der Waals surface area contributed by atoms with Gasteiger partial charge in [-0.2, -0.15) is 0 Å². The minimum absolute atomic E-state index is 0.00171. The molecule has 2 amide bonds. The predicted molar refractivity (Wildman–Crippen MR) is 133 cm³/mol. The Morgan fingerprint density at radius 3 is 2.06 bits per heavy atom. The van der Waals surface area contributed by atoms with Crippen LogP contribution in [0.2, 0.25) is 0 Å². The van der Waals surface area contributed by atoms with Gasteiger partial charge in [0.25, 0.3) is 15.9 Å². The Kier molecular flexibility index (Phi) is 7.26. The van der Waals surface area contributed by atoms with E-state index in [4.69, 9.17) is 4.74 Å². The summed E-state index contributed by atoms with van der Waals surface area (Å²) in [5.41, 5.74) is 1.08. The number of carbonyl (C=O) groups is 2. The quantitative estimate of drug-likeness (QED) is 0.451. The molecule has 0 radical (unpaired) electrons. The lowest BCUT2D eigenvalue weighted by Gasteiger charge is -2.18. The van der Waals surface area contributed by atoms with Gasteiger partial charge in [0.1, 0.15) is 5.75 Å². The van der Waals surface area contributed by atoms with Gasteiger partial charge in [0.15, 0.2) is 0 Å². The number of sulfonamides is 1. The number of para-hydroxylation sites is 2. The van der Waals surface area contributed by atoms with E-state index in [0.717, 1.165) is 0 Å². The highest BCUT2D eigenvalue weighted by molar-refractivity contribution is 7.92. The standard InChI is InChI=1S/C25H27N3O5S/c1-25(2,3)24(30)27-19-9-7-8-18(16-19)26-23(29)17-12-14-20(15-13-17)34(31,32)28-21-10-5-6-11-22(21)33-4/h5-16,28H,1-4H3,(H,26,29)(H,27,30). The van der Waals surface area contributed by atoms with E-state index >= 15 is 0 Å². The minimum Gasteiger partial charge on any atom is -0.495 e. The molecule has 0 unspecified atom stereocenters. The van der Waals surface area contributed by atoms with Gasteiger partial charge in [0.05, 0.1) is 17.7 Å². The molecule has 0 aromatic heterocycles. The Morgan fingerprint density at radius 1 is 0.824 bits per heavy atom. The molecule has 9 heteroatoms. The molecule has 0 bridgehead atoms. The maximum absolute atomic E-state index is 12.7. The van der Waals surface area contributed by atoms with Crippen molar-refractivity contribution in [1.82, 2.24) is 0 Å². The fourth-order valence-electron chi connectivity index (χ4n) is 2.91. The first kappa shape index (κ1) is 24.8. The summed E-state index contributed by atoms with van der Waals surface area (Å²) in [6.45, 7) is 5.43. The van der Waals surface area contributed by atoms with E-state index in [9.17, 15) is 18.0 Å². The zero-order valence-electron chi connectivity index (χ0n) is 19.4. The summed E-state index contributed by atoms with van der Waals surface area (Å²) in [5, 5.41) is 5.57. The van der Waals surface area contributed by atoms with Crippen molar-refractivity contribution in [3.63, 3.8) is 0 Å². The highest BCUT2D eigenvalue weighted by Crippen LogP contribution is 2.26. The Hall–Kier alpha value is -3.85. The van der Waals surface area contributed by atoms with Crippen LogP contribution in [0.3, 0.4) is 0 Å². The Morgan fingerprint density at radius 2 is 1.44 bits per heavy atom. The van der Waals surface area contributed by atoms with Crippen molar-refractivity contribution < 1.29 is 22.7 Å². The normalized spacial score (nSPS) is 11.4. The minimum atomic E-state index is -3.88. The Balaban J connectivity index is 1.71.